The van der Waals surface area contributed by atoms with Gasteiger partial charge in [0.15, 0.2) is 5.13 Å². The first-order valence-corrected chi connectivity index (χ1v) is 12.4. The average molecular weight is 483 g/mol. The minimum absolute atomic E-state index is 0.152. The van der Waals surface area contributed by atoms with Crippen LogP contribution in [-0.4, -0.2) is 45.7 Å². The Labute approximate surface area is 208 Å². The van der Waals surface area contributed by atoms with E-state index in [1.165, 1.54) is 4.88 Å². The van der Waals surface area contributed by atoms with Crippen LogP contribution in [0, 0.1) is 11.3 Å². The molecule has 8 heteroatoms. The van der Waals surface area contributed by atoms with Crippen LogP contribution < -0.4 is 5.32 Å². The Balaban J connectivity index is 1.25. The Kier molecular flexibility index (Phi) is 6.45. The van der Waals surface area contributed by atoms with Crippen LogP contribution in [-0.2, 0) is 19.4 Å². The first-order valence-electron chi connectivity index (χ1n) is 11.6. The largest absolute Gasteiger partial charge is 0.306 e. The van der Waals surface area contributed by atoms with Gasteiger partial charge in [-0.15, -0.1) is 11.3 Å². The van der Waals surface area contributed by atoms with Crippen LogP contribution in [0.25, 0.3) is 11.1 Å². The number of likely N-dealkylation sites (N-methyl/N-ethyl adjacent to an activating group) is 1. The number of anilines is 1. The topological polar surface area (TPSA) is 86.8 Å². The third kappa shape index (κ3) is 5.16. The second-order valence-corrected chi connectivity index (χ2v) is 10.1. The molecule has 4 aromatic rings. The number of hydrogen-bond acceptors (Lipinski definition) is 6. The minimum Gasteiger partial charge on any atom is -0.306 e. The Bertz CT molecular complexity index is 1400. The van der Waals surface area contributed by atoms with Crippen molar-refractivity contribution in [1.82, 2.24) is 19.7 Å². The van der Waals surface area contributed by atoms with Gasteiger partial charge in [0.25, 0.3) is 5.91 Å². The SMILES string of the molecule is CN(C)C1CCc2nc(NC(=O)c3cccc(Cn4cc(-c5ccc(C#N)cc5)cn4)c3)sc2C1. The van der Waals surface area contributed by atoms with Gasteiger partial charge in [-0.2, -0.15) is 10.4 Å². The molecule has 0 saturated heterocycles. The van der Waals surface area contributed by atoms with Crippen LogP contribution in [0.1, 0.15) is 38.5 Å². The number of thiazole rings is 1. The predicted octanol–water partition coefficient (Wildman–Crippen LogP) is 4.60. The van der Waals surface area contributed by atoms with Gasteiger partial charge in [-0.1, -0.05) is 24.3 Å². The van der Waals surface area contributed by atoms with E-state index < -0.39 is 0 Å². The zero-order chi connectivity index (χ0) is 24.4. The Morgan fingerprint density at radius 3 is 2.83 bits per heavy atom. The molecule has 7 nitrogen and oxygen atoms in total. The van der Waals surface area contributed by atoms with Crippen LogP contribution >= 0.6 is 11.3 Å². The molecule has 2 heterocycles. The van der Waals surface area contributed by atoms with E-state index in [9.17, 15) is 4.79 Å². The third-order valence-electron chi connectivity index (χ3n) is 6.38. The van der Waals surface area contributed by atoms with Gasteiger partial charge in [-0.25, -0.2) is 4.98 Å². The molecule has 0 radical (unpaired) electrons. The molecule has 1 atom stereocenters. The van der Waals surface area contributed by atoms with Crippen LogP contribution in [0.2, 0.25) is 0 Å². The summed E-state index contributed by atoms with van der Waals surface area (Å²) in [7, 11) is 4.23. The molecular weight excluding hydrogens is 456 g/mol. The highest BCUT2D eigenvalue weighted by Crippen LogP contribution is 2.31. The number of nitrogens with zero attached hydrogens (tertiary/aromatic N) is 5. The maximum Gasteiger partial charge on any atom is 0.257 e. The van der Waals surface area contributed by atoms with Gasteiger partial charge in [0.05, 0.1) is 30.1 Å². The molecule has 0 bridgehead atoms. The van der Waals surface area contributed by atoms with Crippen molar-refractivity contribution in [2.75, 3.05) is 19.4 Å². The molecule has 2 aromatic heterocycles. The summed E-state index contributed by atoms with van der Waals surface area (Å²) >= 11 is 1.59. The summed E-state index contributed by atoms with van der Waals surface area (Å²) < 4.78 is 1.85. The van der Waals surface area contributed by atoms with Gasteiger partial charge in [-0.05, 0) is 68.8 Å². The number of hydrogen-bond donors (Lipinski definition) is 1. The summed E-state index contributed by atoms with van der Waals surface area (Å²) in [6.07, 6.45) is 6.81. The zero-order valence-corrected chi connectivity index (χ0v) is 20.5. The highest BCUT2D eigenvalue weighted by atomic mass is 32.1. The number of aryl methyl sites for hydroxylation is 1. The molecule has 0 aliphatic heterocycles. The van der Waals surface area contributed by atoms with Crippen molar-refractivity contribution in [3.05, 3.63) is 88.2 Å². The van der Waals surface area contributed by atoms with Crippen LogP contribution in [0.15, 0.2) is 60.9 Å². The van der Waals surface area contributed by atoms with Crippen LogP contribution in [0.3, 0.4) is 0 Å². The number of rotatable bonds is 6. The number of nitrogens with one attached hydrogen (secondary N) is 1. The third-order valence-corrected chi connectivity index (χ3v) is 7.41. The zero-order valence-electron chi connectivity index (χ0n) is 19.7. The van der Waals surface area contributed by atoms with E-state index in [1.807, 2.05) is 53.5 Å². The highest BCUT2D eigenvalue weighted by molar-refractivity contribution is 7.15. The van der Waals surface area contributed by atoms with E-state index >= 15 is 0 Å². The molecular formula is C27H26N6OS. The minimum atomic E-state index is -0.152. The number of fused-ring (bicyclic) bond motifs is 1. The van der Waals surface area contributed by atoms with Crippen molar-refractivity contribution >= 4 is 22.4 Å². The lowest BCUT2D eigenvalue weighted by atomic mass is 9.97. The molecule has 0 spiro atoms. The smallest absolute Gasteiger partial charge is 0.257 e. The number of aromatic nitrogens is 3. The normalized spacial score (nSPS) is 15.0. The lowest BCUT2D eigenvalue weighted by Gasteiger charge is -2.27. The molecule has 1 aliphatic rings. The molecule has 35 heavy (non-hydrogen) atoms. The van der Waals surface area contributed by atoms with Gasteiger partial charge in [-0.3, -0.25) is 14.8 Å². The van der Waals surface area contributed by atoms with Crippen molar-refractivity contribution in [3.8, 4) is 17.2 Å². The summed E-state index contributed by atoms with van der Waals surface area (Å²) in [4.78, 5) is 21.2. The van der Waals surface area contributed by atoms with E-state index in [-0.39, 0.29) is 5.91 Å². The number of amides is 1. The monoisotopic (exact) mass is 482 g/mol. The fourth-order valence-corrected chi connectivity index (χ4v) is 5.43. The lowest BCUT2D eigenvalue weighted by Crippen LogP contribution is -2.32. The Morgan fingerprint density at radius 2 is 2.06 bits per heavy atom. The summed E-state index contributed by atoms with van der Waals surface area (Å²) in [5.41, 5.74) is 5.32. The summed E-state index contributed by atoms with van der Waals surface area (Å²) in [5, 5.41) is 17.1. The van der Waals surface area contributed by atoms with E-state index in [0.29, 0.717) is 28.8 Å². The molecule has 176 valence electrons. The van der Waals surface area contributed by atoms with Crippen LogP contribution in [0.5, 0.6) is 0 Å². The molecule has 0 saturated carbocycles. The van der Waals surface area contributed by atoms with E-state index in [0.717, 1.165) is 41.6 Å². The predicted molar refractivity (Wildman–Crippen MR) is 137 cm³/mol. The molecule has 1 unspecified atom stereocenters. The summed E-state index contributed by atoms with van der Waals surface area (Å²) in [6.45, 7) is 0.550. The molecule has 5 rings (SSSR count). The van der Waals surface area contributed by atoms with Crippen molar-refractivity contribution in [2.24, 2.45) is 0 Å². The van der Waals surface area contributed by atoms with E-state index in [1.54, 1.807) is 23.5 Å². The second kappa shape index (κ2) is 9.82. The maximum atomic E-state index is 12.9. The Morgan fingerprint density at radius 1 is 1.23 bits per heavy atom. The van der Waals surface area contributed by atoms with Crippen molar-refractivity contribution in [1.29, 1.82) is 5.26 Å². The van der Waals surface area contributed by atoms with Gasteiger partial charge in [0, 0.05) is 28.2 Å². The lowest BCUT2D eigenvalue weighted by molar-refractivity contribution is 0.102. The van der Waals surface area contributed by atoms with Crippen molar-refractivity contribution in [3.63, 3.8) is 0 Å². The quantitative estimate of drug-likeness (QED) is 0.434. The van der Waals surface area contributed by atoms with Gasteiger partial charge in [0.1, 0.15) is 0 Å². The van der Waals surface area contributed by atoms with E-state index in [2.05, 4.69) is 40.5 Å². The van der Waals surface area contributed by atoms with Gasteiger partial charge in [0.2, 0.25) is 0 Å². The van der Waals surface area contributed by atoms with Gasteiger partial charge >= 0.3 is 0 Å². The fourth-order valence-electron chi connectivity index (χ4n) is 4.36. The van der Waals surface area contributed by atoms with Crippen molar-refractivity contribution in [2.45, 2.75) is 31.8 Å². The first-order chi connectivity index (χ1) is 17.0. The standard InChI is InChI=1S/C27H26N6OS/c1-32(2)23-10-11-24-25(13-23)35-27(30-24)31-26(34)21-5-3-4-19(12-21)16-33-17-22(15-29-33)20-8-6-18(14-28)7-9-20/h3-9,12,15,17,23H,10-11,13,16H2,1-2H3,(H,30,31,34). The summed E-state index contributed by atoms with van der Waals surface area (Å²) in [5.74, 6) is -0.152. The number of carbonyl (C=O) groups excluding carboxylic acids is 1. The Hall–Kier alpha value is -3.80. The molecule has 0 fully saturated rings. The summed E-state index contributed by atoms with van der Waals surface area (Å²) in [6, 6.07) is 17.7. The first kappa shape index (κ1) is 23.0. The van der Waals surface area contributed by atoms with Gasteiger partial charge < -0.3 is 4.90 Å². The maximum absolute atomic E-state index is 12.9. The number of benzene rings is 2. The molecule has 1 N–H and O–H groups in total. The van der Waals surface area contributed by atoms with Crippen molar-refractivity contribution < 1.29 is 4.79 Å². The second-order valence-electron chi connectivity index (χ2n) is 9.02. The molecule has 1 amide bonds. The van der Waals surface area contributed by atoms with Crippen LogP contribution in [0.4, 0.5) is 5.13 Å². The number of nitriles is 1. The molecule has 1 aliphatic carbocycles. The number of carbonyl (C=O) groups is 1. The highest BCUT2D eigenvalue weighted by Gasteiger charge is 2.24. The van der Waals surface area contributed by atoms with E-state index in [4.69, 9.17) is 5.26 Å². The fraction of sp³-hybridized carbons (Fsp3) is 0.259. The average Bonchev–Trinajstić information content (AvgIpc) is 3.50. The molecule has 2 aromatic carbocycles.